The van der Waals surface area contributed by atoms with Crippen LogP contribution in [-0.4, -0.2) is 41.1 Å². The summed E-state index contributed by atoms with van der Waals surface area (Å²) >= 11 is 5.85. The van der Waals surface area contributed by atoms with E-state index >= 15 is 0 Å². The Balaban J connectivity index is 1.76. The molecule has 33 heavy (non-hydrogen) atoms. The Morgan fingerprint density at radius 1 is 1.03 bits per heavy atom. The van der Waals surface area contributed by atoms with Crippen LogP contribution in [0.15, 0.2) is 77.7 Å². The zero-order valence-corrected chi connectivity index (χ0v) is 19.9. The quantitative estimate of drug-likeness (QED) is 0.435. The maximum Gasteiger partial charge on any atom is 0.264 e. The molecule has 0 aromatic heterocycles. The van der Waals surface area contributed by atoms with Gasteiger partial charge in [0.1, 0.15) is 24.7 Å². The van der Waals surface area contributed by atoms with Gasteiger partial charge in [0.15, 0.2) is 0 Å². The Labute approximate surface area is 198 Å². The van der Waals surface area contributed by atoms with Crippen LogP contribution in [0.5, 0.6) is 11.5 Å². The summed E-state index contributed by atoms with van der Waals surface area (Å²) in [6.45, 7) is 1.83. The predicted octanol–water partition coefficient (Wildman–Crippen LogP) is 4.05. The Morgan fingerprint density at radius 2 is 1.73 bits per heavy atom. The molecule has 0 bridgehead atoms. The lowest BCUT2D eigenvalue weighted by molar-refractivity contribution is -0.119. The van der Waals surface area contributed by atoms with E-state index in [1.165, 1.54) is 19.2 Å². The van der Waals surface area contributed by atoms with Crippen molar-refractivity contribution in [3.63, 3.8) is 0 Å². The second-order valence-corrected chi connectivity index (χ2v) is 9.45. The second kappa shape index (κ2) is 11.1. The Morgan fingerprint density at radius 3 is 2.39 bits per heavy atom. The van der Waals surface area contributed by atoms with Gasteiger partial charge >= 0.3 is 0 Å². The summed E-state index contributed by atoms with van der Waals surface area (Å²) in [5, 5.41) is 3.30. The van der Waals surface area contributed by atoms with E-state index in [1.54, 1.807) is 54.6 Å². The van der Waals surface area contributed by atoms with Crippen molar-refractivity contribution in [2.75, 3.05) is 31.1 Å². The fraction of sp³-hybridized carbons (Fsp3) is 0.208. The van der Waals surface area contributed by atoms with E-state index in [9.17, 15) is 13.2 Å². The van der Waals surface area contributed by atoms with Crippen molar-refractivity contribution in [2.45, 2.75) is 11.8 Å². The molecule has 0 fully saturated rings. The van der Waals surface area contributed by atoms with Crippen molar-refractivity contribution in [3.05, 3.63) is 83.4 Å². The van der Waals surface area contributed by atoms with Crippen molar-refractivity contribution in [2.24, 2.45) is 0 Å². The molecule has 0 spiro atoms. The molecule has 9 heteroatoms. The average molecular weight is 489 g/mol. The highest BCUT2D eigenvalue weighted by molar-refractivity contribution is 7.92. The summed E-state index contributed by atoms with van der Waals surface area (Å²) in [6.07, 6.45) is 0. The number of benzene rings is 3. The van der Waals surface area contributed by atoms with Crippen molar-refractivity contribution >= 4 is 33.2 Å². The zero-order valence-electron chi connectivity index (χ0n) is 18.3. The first-order valence-corrected chi connectivity index (χ1v) is 12.0. The van der Waals surface area contributed by atoms with Gasteiger partial charge in [0.05, 0.1) is 24.2 Å². The van der Waals surface area contributed by atoms with Crippen LogP contribution in [0.1, 0.15) is 5.56 Å². The number of hydrogen-bond donors (Lipinski definition) is 1. The summed E-state index contributed by atoms with van der Waals surface area (Å²) in [6, 6.07) is 20.0. The largest absolute Gasteiger partial charge is 0.495 e. The van der Waals surface area contributed by atoms with Crippen molar-refractivity contribution in [1.82, 2.24) is 5.32 Å². The molecule has 0 atom stereocenters. The molecule has 174 valence electrons. The molecule has 0 saturated carbocycles. The lowest BCUT2D eigenvalue weighted by Gasteiger charge is -2.26. The highest BCUT2D eigenvalue weighted by atomic mass is 35.5. The van der Waals surface area contributed by atoms with Gasteiger partial charge in [-0.2, -0.15) is 0 Å². The molecule has 0 aliphatic heterocycles. The van der Waals surface area contributed by atoms with Gasteiger partial charge < -0.3 is 14.8 Å². The minimum atomic E-state index is -4.03. The average Bonchev–Trinajstić information content (AvgIpc) is 2.82. The van der Waals surface area contributed by atoms with Crippen molar-refractivity contribution < 1.29 is 22.7 Å². The molecule has 1 N–H and O–H groups in total. The fourth-order valence-corrected chi connectivity index (χ4v) is 4.66. The Hall–Kier alpha value is -3.23. The Bertz CT molecular complexity index is 1190. The number of amides is 1. The normalized spacial score (nSPS) is 11.0. The molecule has 0 saturated heterocycles. The molecule has 1 amide bonds. The first-order valence-electron chi connectivity index (χ1n) is 10.2. The molecule has 3 rings (SSSR count). The number of nitrogens with one attached hydrogen (secondary N) is 1. The lowest BCUT2D eigenvalue weighted by Crippen LogP contribution is -2.42. The molecule has 7 nitrogen and oxygen atoms in total. The standard InChI is InChI=1S/C24H25ClN2O5S/c1-18-8-13-23(31-2)22(16-18)27(33(29,30)21-6-4-3-5-7-21)17-24(28)26-14-15-32-20-11-9-19(25)10-12-20/h3-13,16H,14-15,17H2,1-2H3,(H,26,28). The van der Waals surface area contributed by atoms with Gasteiger partial charge in [0, 0.05) is 5.02 Å². The summed E-state index contributed by atoms with van der Waals surface area (Å²) in [5.41, 5.74) is 1.12. The summed E-state index contributed by atoms with van der Waals surface area (Å²) in [5.74, 6) is 0.489. The van der Waals surface area contributed by atoms with E-state index in [0.29, 0.717) is 16.5 Å². The summed E-state index contributed by atoms with van der Waals surface area (Å²) in [7, 11) is -2.57. The fourth-order valence-electron chi connectivity index (χ4n) is 3.09. The number of carbonyl (C=O) groups excluding carboxylic acids is 1. The highest BCUT2D eigenvalue weighted by Crippen LogP contribution is 2.33. The van der Waals surface area contributed by atoms with E-state index in [1.807, 2.05) is 13.0 Å². The summed E-state index contributed by atoms with van der Waals surface area (Å²) < 4.78 is 38.9. The van der Waals surface area contributed by atoms with Crippen LogP contribution >= 0.6 is 11.6 Å². The lowest BCUT2D eigenvalue weighted by atomic mass is 10.2. The molecule has 0 heterocycles. The number of nitrogens with zero attached hydrogens (tertiary/aromatic N) is 1. The Kier molecular flexibility index (Phi) is 8.19. The van der Waals surface area contributed by atoms with Crippen LogP contribution < -0.4 is 19.1 Å². The number of methoxy groups -OCH3 is 1. The second-order valence-electron chi connectivity index (χ2n) is 7.15. The minimum Gasteiger partial charge on any atom is -0.495 e. The number of sulfonamides is 1. The van der Waals surface area contributed by atoms with Crippen LogP contribution in [0.4, 0.5) is 5.69 Å². The summed E-state index contributed by atoms with van der Waals surface area (Å²) in [4.78, 5) is 12.8. The minimum absolute atomic E-state index is 0.0763. The molecule has 3 aromatic rings. The van der Waals surface area contributed by atoms with E-state index in [-0.39, 0.29) is 23.7 Å². The molecular weight excluding hydrogens is 464 g/mol. The van der Waals surface area contributed by atoms with E-state index < -0.39 is 22.5 Å². The number of ether oxygens (including phenoxy) is 2. The number of aryl methyl sites for hydroxylation is 1. The third kappa shape index (κ3) is 6.40. The van der Waals surface area contributed by atoms with Gasteiger partial charge in [-0.1, -0.05) is 35.9 Å². The smallest absolute Gasteiger partial charge is 0.264 e. The van der Waals surface area contributed by atoms with E-state index in [4.69, 9.17) is 21.1 Å². The van der Waals surface area contributed by atoms with Gasteiger partial charge in [-0.3, -0.25) is 9.10 Å². The third-order valence-electron chi connectivity index (χ3n) is 4.73. The van der Waals surface area contributed by atoms with Crippen LogP contribution in [0.25, 0.3) is 0 Å². The van der Waals surface area contributed by atoms with Crippen molar-refractivity contribution in [3.8, 4) is 11.5 Å². The van der Waals surface area contributed by atoms with Gasteiger partial charge in [0.2, 0.25) is 5.91 Å². The van der Waals surface area contributed by atoms with Crippen LogP contribution in [0.3, 0.4) is 0 Å². The maximum atomic E-state index is 13.4. The van der Waals surface area contributed by atoms with Gasteiger partial charge in [-0.25, -0.2) is 8.42 Å². The topological polar surface area (TPSA) is 84.9 Å². The SMILES string of the molecule is COc1ccc(C)cc1N(CC(=O)NCCOc1ccc(Cl)cc1)S(=O)(=O)c1ccccc1. The zero-order chi connectivity index (χ0) is 23.8. The van der Waals surface area contributed by atoms with Crippen LogP contribution in [-0.2, 0) is 14.8 Å². The number of hydrogen-bond acceptors (Lipinski definition) is 5. The molecule has 0 aliphatic rings. The van der Waals surface area contributed by atoms with Gasteiger partial charge in [0.25, 0.3) is 10.0 Å². The van der Waals surface area contributed by atoms with Gasteiger partial charge in [-0.05, 0) is 61.0 Å². The van der Waals surface area contributed by atoms with Crippen LogP contribution in [0, 0.1) is 6.92 Å². The van der Waals surface area contributed by atoms with Crippen LogP contribution in [0.2, 0.25) is 5.02 Å². The predicted molar refractivity (Wildman–Crippen MR) is 129 cm³/mol. The first kappa shape index (κ1) is 24.4. The molecule has 0 aliphatic carbocycles. The molecule has 3 aromatic carbocycles. The van der Waals surface area contributed by atoms with Gasteiger partial charge in [-0.15, -0.1) is 0 Å². The third-order valence-corrected chi connectivity index (χ3v) is 6.75. The number of halogens is 1. The number of rotatable bonds is 10. The number of carbonyl (C=O) groups is 1. The van der Waals surface area contributed by atoms with E-state index in [2.05, 4.69) is 5.32 Å². The highest BCUT2D eigenvalue weighted by Gasteiger charge is 2.29. The maximum absolute atomic E-state index is 13.4. The number of anilines is 1. The van der Waals surface area contributed by atoms with E-state index in [0.717, 1.165) is 9.87 Å². The molecule has 0 unspecified atom stereocenters. The van der Waals surface area contributed by atoms with Crippen molar-refractivity contribution in [1.29, 1.82) is 0 Å². The first-order chi connectivity index (χ1) is 15.8. The monoisotopic (exact) mass is 488 g/mol. The molecular formula is C24H25ClN2O5S. The molecule has 0 radical (unpaired) electrons.